The van der Waals surface area contributed by atoms with E-state index in [0.29, 0.717) is 23.4 Å². The van der Waals surface area contributed by atoms with Crippen LogP contribution in [-0.4, -0.2) is 18.4 Å². The number of amides is 2. The van der Waals surface area contributed by atoms with Crippen molar-refractivity contribution in [3.8, 4) is 5.75 Å². The maximum Gasteiger partial charge on any atom is 0.255 e. The second kappa shape index (κ2) is 9.06. The minimum Gasteiger partial charge on any atom is -0.494 e. The summed E-state index contributed by atoms with van der Waals surface area (Å²) in [6.07, 6.45) is 0. The summed E-state index contributed by atoms with van der Waals surface area (Å²) in [6.45, 7) is 6.48. The molecule has 148 valence electrons. The van der Waals surface area contributed by atoms with Gasteiger partial charge >= 0.3 is 0 Å². The Bertz CT molecular complexity index is 1010. The first-order valence-corrected chi connectivity index (χ1v) is 9.49. The Morgan fingerprint density at radius 2 is 1.38 bits per heavy atom. The Hall–Kier alpha value is -3.60. The third-order valence-corrected chi connectivity index (χ3v) is 4.46. The lowest BCUT2D eigenvalue weighted by Gasteiger charge is -2.10. The van der Waals surface area contributed by atoms with Gasteiger partial charge in [-0.2, -0.15) is 0 Å². The predicted molar refractivity (Wildman–Crippen MR) is 116 cm³/mol. The molecule has 0 spiro atoms. The standard InChI is InChI=1S/C24H24N2O3/c1-4-29-21-12-10-20(11-13-21)25-23(27)18-6-8-19(9-7-18)24(28)26-22-14-5-16(2)15-17(22)3/h5-15H,4H2,1-3H3,(H,25,27)(H,26,28). The van der Waals surface area contributed by atoms with Crippen molar-refractivity contribution in [2.24, 2.45) is 0 Å². The quantitative estimate of drug-likeness (QED) is 0.609. The monoisotopic (exact) mass is 388 g/mol. The van der Waals surface area contributed by atoms with Gasteiger partial charge in [0.25, 0.3) is 11.8 Å². The van der Waals surface area contributed by atoms with E-state index in [1.54, 1.807) is 48.5 Å². The zero-order valence-electron chi connectivity index (χ0n) is 16.8. The van der Waals surface area contributed by atoms with Crippen molar-refractivity contribution in [2.75, 3.05) is 17.2 Å². The third-order valence-electron chi connectivity index (χ3n) is 4.46. The summed E-state index contributed by atoms with van der Waals surface area (Å²) < 4.78 is 5.39. The van der Waals surface area contributed by atoms with E-state index < -0.39 is 0 Å². The van der Waals surface area contributed by atoms with Crippen molar-refractivity contribution in [1.29, 1.82) is 0 Å². The molecule has 0 aliphatic rings. The largest absolute Gasteiger partial charge is 0.494 e. The van der Waals surface area contributed by atoms with Gasteiger partial charge in [-0.25, -0.2) is 0 Å². The van der Waals surface area contributed by atoms with Crippen LogP contribution >= 0.6 is 0 Å². The van der Waals surface area contributed by atoms with Gasteiger partial charge in [-0.1, -0.05) is 17.7 Å². The van der Waals surface area contributed by atoms with E-state index in [2.05, 4.69) is 10.6 Å². The molecule has 0 aromatic heterocycles. The van der Waals surface area contributed by atoms with Gasteiger partial charge in [0.15, 0.2) is 0 Å². The molecule has 0 heterocycles. The van der Waals surface area contributed by atoms with E-state index >= 15 is 0 Å². The molecular weight excluding hydrogens is 364 g/mol. The number of hydrogen-bond acceptors (Lipinski definition) is 3. The number of carbonyl (C=O) groups excluding carboxylic acids is 2. The van der Waals surface area contributed by atoms with Crippen LogP contribution in [0.4, 0.5) is 11.4 Å². The van der Waals surface area contributed by atoms with Gasteiger partial charge < -0.3 is 15.4 Å². The van der Waals surface area contributed by atoms with Gasteiger partial charge in [-0.05, 0) is 80.9 Å². The molecule has 2 N–H and O–H groups in total. The summed E-state index contributed by atoms with van der Waals surface area (Å²) in [5.74, 6) is 0.301. The molecule has 0 saturated heterocycles. The van der Waals surface area contributed by atoms with E-state index in [-0.39, 0.29) is 11.8 Å². The Kier molecular flexibility index (Phi) is 6.29. The van der Waals surface area contributed by atoms with Crippen LogP contribution in [0.3, 0.4) is 0 Å². The van der Waals surface area contributed by atoms with E-state index in [4.69, 9.17) is 4.74 Å². The van der Waals surface area contributed by atoms with E-state index in [1.165, 1.54) is 0 Å². The molecule has 2 amide bonds. The van der Waals surface area contributed by atoms with Gasteiger partial charge in [-0.3, -0.25) is 9.59 Å². The number of carbonyl (C=O) groups is 2. The van der Waals surface area contributed by atoms with Crippen molar-refractivity contribution in [3.63, 3.8) is 0 Å². The van der Waals surface area contributed by atoms with Crippen molar-refractivity contribution in [3.05, 3.63) is 89.0 Å². The van der Waals surface area contributed by atoms with Crippen LogP contribution in [0.5, 0.6) is 5.75 Å². The van der Waals surface area contributed by atoms with Crippen molar-refractivity contribution in [1.82, 2.24) is 0 Å². The van der Waals surface area contributed by atoms with Crippen LogP contribution in [-0.2, 0) is 0 Å². The highest BCUT2D eigenvalue weighted by Gasteiger charge is 2.11. The van der Waals surface area contributed by atoms with E-state index in [1.807, 2.05) is 39.0 Å². The summed E-state index contributed by atoms with van der Waals surface area (Å²) in [6, 6.07) is 19.6. The van der Waals surface area contributed by atoms with Gasteiger partial charge in [0.05, 0.1) is 6.61 Å². The molecule has 0 saturated carbocycles. The highest BCUT2D eigenvalue weighted by atomic mass is 16.5. The van der Waals surface area contributed by atoms with Crippen LogP contribution in [0.15, 0.2) is 66.7 Å². The SMILES string of the molecule is CCOc1ccc(NC(=O)c2ccc(C(=O)Nc3ccc(C)cc3C)cc2)cc1. The first-order valence-electron chi connectivity index (χ1n) is 9.49. The minimum absolute atomic E-state index is 0.213. The summed E-state index contributed by atoms with van der Waals surface area (Å²) >= 11 is 0. The smallest absolute Gasteiger partial charge is 0.255 e. The molecule has 5 heteroatoms. The molecule has 3 aromatic carbocycles. The normalized spacial score (nSPS) is 10.3. The van der Waals surface area contributed by atoms with Gasteiger partial charge in [0, 0.05) is 22.5 Å². The number of anilines is 2. The van der Waals surface area contributed by atoms with Crippen molar-refractivity contribution < 1.29 is 14.3 Å². The zero-order valence-corrected chi connectivity index (χ0v) is 16.8. The molecule has 0 fully saturated rings. The Labute approximate surface area is 170 Å². The maximum absolute atomic E-state index is 12.5. The molecule has 3 rings (SSSR count). The van der Waals surface area contributed by atoms with Gasteiger partial charge in [-0.15, -0.1) is 0 Å². The average Bonchev–Trinajstić information content (AvgIpc) is 2.72. The lowest BCUT2D eigenvalue weighted by Crippen LogP contribution is -2.14. The molecule has 0 bridgehead atoms. The summed E-state index contributed by atoms with van der Waals surface area (Å²) in [5.41, 5.74) is 4.56. The average molecular weight is 388 g/mol. The van der Waals surface area contributed by atoms with Crippen LogP contribution in [0.2, 0.25) is 0 Å². The Morgan fingerprint density at radius 3 is 1.93 bits per heavy atom. The molecule has 3 aromatic rings. The maximum atomic E-state index is 12.5. The topological polar surface area (TPSA) is 67.4 Å². The fourth-order valence-corrected chi connectivity index (χ4v) is 2.93. The highest BCUT2D eigenvalue weighted by Crippen LogP contribution is 2.18. The fourth-order valence-electron chi connectivity index (χ4n) is 2.93. The second-order valence-electron chi connectivity index (χ2n) is 6.76. The highest BCUT2D eigenvalue weighted by molar-refractivity contribution is 6.07. The summed E-state index contributed by atoms with van der Waals surface area (Å²) in [7, 11) is 0. The molecule has 0 atom stereocenters. The number of aryl methyl sites for hydroxylation is 2. The number of ether oxygens (including phenoxy) is 1. The molecule has 0 aliphatic carbocycles. The number of rotatable bonds is 6. The minimum atomic E-state index is -0.240. The Morgan fingerprint density at radius 1 is 0.793 bits per heavy atom. The summed E-state index contributed by atoms with van der Waals surface area (Å²) in [4.78, 5) is 24.9. The second-order valence-corrected chi connectivity index (χ2v) is 6.76. The Balaban J connectivity index is 1.64. The van der Waals surface area contributed by atoms with Crippen molar-refractivity contribution >= 4 is 23.2 Å². The van der Waals surface area contributed by atoms with Gasteiger partial charge in [0.1, 0.15) is 5.75 Å². The predicted octanol–water partition coefficient (Wildman–Crippen LogP) is 5.21. The van der Waals surface area contributed by atoms with Crippen LogP contribution in [0.25, 0.3) is 0 Å². The zero-order chi connectivity index (χ0) is 20.8. The molecular formula is C24H24N2O3. The lowest BCUT2D eigenvalue weighted by atomic mass is 10.1. The number of benzene rings is 3. The van der Waals surface area contributed by atoms with Gasteiger partial charge in [0.2, 0.25) is 0 Å². The molecule has 0 radical (unpaired) electrons. The fraction of sp³-hybridized carbons (Fsp3) is 0.167. The van der Waals surface area contributed by atoms with E-state index in [9.17, 15) is 9.59 Å². The summed E-state index contributed by atoms with van der Waals surface area (Å²) in [5, 5.41) is 5.74. The first kappa shape index (κ1) is 20.1. The third kappa shape index (κ3) is 5.23. The van der Waals surface area contributed by atoms with Crippen molar-refractivity contribution in [2.45, 2.75) is 20.8 Å². The molecule has 29 heavy (non-hydrogen) atoms. The van der Waals surface area contributed by atoms with E-state index in [0.717, 1.165) is 22.6 Å². The number of hydrogen-bond donors (Lipinski definition) is 2. The van der Waals surface area contributed by atoms with Crippen LogP contribution in [0, 0.1) is 13.8 Å². The molecule has 0 unspecified atom stereocenters. The molecule has 0 aliphatic heterocycles. The molecule has 5 nitrogen and oxygen atoms in total. The lowest BCUT2D eigenvalue weighted by molar-refractivity contribution is 0.101. The number of nitrogens with one attached hydrogen (secondary N) is 2. The van der Waals surface area contributed by atoms with Crippen LogP contribution in [0.1, 0.15) is 38.8 Å². The van der Waals surface area contributed by atoms with Crippen LogP contribution < -0.4 is 15.4 Å². The first-order chi connectivity index (χ1) is 14.0.